The predicted molar refractivity (Wildman–Crippen MR) is 79.4 cm³/mol. The van der Waals surface area contributed by atoms with Gasteiger partial charge in [-0.25, -0.2) is 4.68 Å². The Kier molecular flexibility index (Phi) is 3.35. The zero-order chi connectivity index (χ0) is 13.9. The van der Waals surface area contributed by atoms with Crippen LogP contribution >= 0.6 is 11.6 Å². The van der Waals surface area contributed by atoms with Crippen molar-refractivity contribution in [3.63, 3.8) is 0 Å². The fraction of sp³-hybridized carbons (Fsp3) is 0. The average molecular weight is 283 g/mol. The number of halogens is 1. The molecule has 0 amide bonds. The van der Waals surface area contributed by atoms with Crippen LogP contribution < -0.4 is 0 Å². The van der Waals surface area contributed by atoms with Crippen molar-refractivity contribution in [2.75, 3.05) is 0 Å². The molecule has 0 bridgehead atoms. The first-order valence-electron chi connectivity index (χ1n) is 6.13. The first-order valence-corrected chi connectivity index (χ1v) is 6.51. The van der Waals surface area contributed by atoms with Crippen LogP contribution in [0.4, 0.5) is 0 Å². The van der Waals surface area contributed by atoms with Gasteiger partial charge in [-0.1, -0.05) is 41.9 Å². The van der Waals surface area contributed by atoms with Gasteiger partial charge in [0.1, 0.15) is 0 Å². The minimum atomic E-state index is 0.553. The van der Waals surface area contributed by atoms with Gasteiger partial charge in [0.15, 0.2) is 6.29 Å². The summed E-state index contributed by atoms with van der Waals surface area (Å²) >= 11 is 5.99. The first kappa shape index (κ1) is 12.6. The fourth-order valence-electron chi connectivity index (χ4n) is 2.05. The van der Waals surface area contributed by atoms with Crippen LogP contribution in [0.15, 0.2) is 60.9 Å². The van der Waals surface area contributed by atoms with E-state index < -0.39 is 0 Å². The van der Waals surface area contributed by atoms with E-state index >= 15 is 0 Å². The van der Waals surface area contributed by atoms with Gasteiger partial charge in [0, 0.05) is 22.3 Å². The predicted octanol–water partition coefficient (Wildman–Crippen LogP) is 4.01. The molecule has 0 saturated carbocycles. The van der Waals surface area contributed by atoms with Gasteiger partial charge in [0.25, 0.3) is 0 Å². The van der Waals surface area contributed by atoms with E-state index in [0.29, 0.717) is 16.3 Å². The van der Waals surface area contributed by atoms with Crippen molar-refractivity contribution >= 4 is 17.9 Å². The van der Waals surface area contributed by atoms with E-state index in [-0.39, 0.29) is 0 Å². The molecule has 0 aliphatic rings. The Bertz CT molecular complexity index is 750. The summed E-state index contributed by atoms with van der Waals surface area (Å²) in [6.07, 6.45) is 4.45. The van der Waals surface area contributed by atoms with E-state index in [0.717, 1.165) is 17.4 Å². The minimum Gasteiger partial charge on any atom is -0.298 e. The molecule has 0 N–H and O–H groups in total. The van der Waals surface area contributed by atoms with Crippen LogP contribution in [0, 0.1) is 0 Å². The summed E-state index contributed by atoms with van der Waals surface area (Å²) in [5.41, 5.74) is 3.29. The monoisotopic (exact) mass is 282 g/mol. The van der Waals surface area contributed by atoms with Gasteiger partial charge in [0.2, 0.25) is 0 Å². The highest BCUT2D eigenvalue weighted by Gasteiger charge is 2.08. The third kappa shape index (κ3) is 2.36. The molecule has 0 saturated heterocycles. The number of hydrogen-bond acceptors (Lipinski definition) is 2. The van der Waals surface area contributed by atoms with Crippen LogP contribution in [-0.4, -0.2) is 16.1 Å². The number of hydrogen-bond donors (Lipinski definition) is 0. The molecular formula is C16H11ClN2O. The number of carbonyl (C=O) groups is 1. The van der Waals surface area contributed by atoms with Gasteiger partial charge in [-0.05, 0) is 23.8 Å². The highest BCUT2D eigenvalue weighted by molar-refractivity contribution is 6.30. The van der Waals surface area contributed by atoms with Crippen LogP contribution in [-0.2, 0) is 0 Å². The van der Waals surface area contributed by atoms with Crippen LogP contribution in [0.1, 0.15) is 10.4 Å². The highest BCUT2D eigenvalue weighted by atomic mass is 35.5. The highest BCUT2D eigenvalue weighted by Crippen LogP contribution is 2.22. The van der Waals surface area contributed by atoms with E-state index in [4.69, 9.17) is 11.6 Å². The molecule has 0 aliphatic carbocycles. The van der Waals surface area contributed by atoms with Crippen molar-refractivity contribution in [3.05, 3.63) is 71.5 Å². The Labute approximate surface area is 121 Å². The van der Waals surface area contributed by atoms with Gasteiger partial charge in [-0.2, -0.15) is 5.10 Å². The minimum absolute atomic E-state index is 0.553. The van der Waals surface area contributed by atoms with Gasteiger partial charge in [-0.3, -0.25) is 4.79 Å². The van der Waals surface area contributed by atoms with Crippen molar-refractivity contribution in [2.45, 2.75) is 0 Å². The molecule has 1 aromatic heterocycles. The van der Waals surface area contributed by atoms with Gasteiger partial charge in [0.05, 0.1) is 11.9 Å². The third-order valence-electron chi connectivity index (χ3n) is 3.06. The molecule has 0 aliphatic heterocycles. The number of aldehydes is 1. The normalized spacial score (nSPS) is 10.4. The van der Waals surface area contributed by atoms with E-state index in [1.807, 2.05) is 36.5 Å². The number of rotatable bonds is 3. The van der Waals surface area contributed by atoms with Gasteiger partial charge in [-0.15, -0.1) is 0 Å². The number of nitrogens with zero attached hydrogens (tertiary/aromatic N) is 2. The van der Waals surface area contributed by atoms with E-state index in [1.54, 1.807) is 29.1 Å². The molecule has 2 aromatic carbocycles. The van der Waals surface area contributed by atoms with Crippen LogP contribution in [0.3, 0.4) is 0 Å². The van der Waals surface area contributed by atoms with E-state index in [1.165, 1.54) is 0 Å². The summed E-state index contributed by atoms with van der Waals surface area (Å²) in [4.78, 5) is 11.1. The summed E-state index contributed by atoms with van der Waals surface area (Å²) in [7, 11) is 0. The maximum absolute atomic E-state index is 11.1. The second kappa shape index (κ2) is 5.31. The lowest BCUT2D eigenvalue weighted by Gasteiger charge is -2.05. The Morgan fingerprint density at radius 2 is 1.85 bits per heavy atom. The molecule has 0 fully saturated rings. The molecule has 3 aromatic rings. The molecule has 0 atom stereocenters. The Hall–Kier alpha value is -2.39. The summed E-state index contributed by atoms with van der Waals surface area (Å²) < 4.78 is 1.66. The number of aromatic nitrogens is 2. The van der Waals surface area contributed by atoms with Gasteiger partial charge < -0.3 is 0 Å². The van der Waals surface area contributed by atoms with Crippen LogP contribution in [0.2, 0.25) is 5.02 Å². The maximum atomic E-state index is 11.1. The van der Waals surface area contributed by atoms with Crippen molar-refractivity contribution < 1.29 is 4.79 Å². The second-order valence-corrected chi connectivity index (χ2v) is 4.80. The van der Waals surface area contributed by atoms with Crippen molar-refractivity contribution in [1.29, 1.82) is 0 Å². The smallest absolute Gasteiger partial charge is 0.152 e. The van der Waals surface area contributed by atoms with Crippen LogP contribution in [0.5, 0.6) is 0 Å². The Balaban J connectivity index is 2.07. The zero-order valence-corrected chi connectivity index (χ0v) is 11.3. The topological polar surface area (TPSA) is 34.9 Å². The fourth-order valence-corrected chi connectivity index (χ4v) is 2.22. The number of carbonyl (C=O) groups excluding carboxylic acids is 1. The van der Waals surface area contributed by atoms with Crippen molar-refractivity contribution in [2.24, 2.45) is 0 Å². The van der Waals surface area contributed by atoms with E-state index in [2.05, 4.69) is 5.10 Å². The quantitative estimate of drug-likeness (QED) is 0.681. The second-order valence-electron chi connectivity index (χ2n) is 4.36. The van der Waals surface area contributed by atoms with Crippen LogP contribution in [0.25, 0.3) is 16.8 Å². The van der Waals surface area contributed by atoms with E-state index in [9.17, 15) is 4.79 Å². The standard InChI is InChI=1S/C16H11ClN2O/c17-15-7-6-13(11-20)16(8-15)19-10-14(9-18-19)12-4-2-1-3-5-12/h1-11H. The van der Waals surface area contributed by atoms with Crippen molar-refractivity contribution in [1.82, 2.24) is 9.78 Å². The summed E-state index contributed by atoms with van der Waals surface area (Å²) in [5.74, 6) is 0. The molecule has 0 spiro atoms. The molecule has 4 heteroatoms. The molecule has 3 rings (SSSR count). The number of benzene rings is 2. The lowest BCUT2D eigenvalue weighted by Crippen LogP contribution is -1.99. The largest absolute Gasteiger partial charge is 0.298 e. The summed E-state index contributed by atoms with van der Waals surface area (Å²) in [5, 5.41) is 4.88. The summed E-state index contributed by atoms with van der Waals surface area (Å²) in [6, 6.07) is 15.1. The molecule has 0 radical (unpaired) electrons. The average Bonchev–Trinajstić information content (AvgIpc) is 2.98. The molecule has 3 nitrogen and oxygen atoms in total. The lowest BCUT2D eigenvalue weighted by molar-refractivity contribution is 0.112. The zero-order valence-electron chi connectivity index (χ0n) is 10.5. The molecule has 1 heterocycles. The molecule has 98 valence electrons. The van der Waals surface area contributed by atoms with Gasteiger partial charge >= 0.3 is 0 Å². The third-order valence-corrected chi connectivity index (χ3v) is 3.29. The maximum Gasteiger partial charge on any atom is 0.152 e. The first-order chi connectivity index (χ1) is 9.78. The molecule has 20 heavy (non-hydrogen) atoms. The van der Waals surface area contributed by atoms with Crippen molar-refractivity contribution in [3.8, 4) is 16.8 Å². The Morgan fingerprint density at radius 3 is 2.60 bits per heavy atom. The molecular weight excluding hydrogens is 272 g/mol. The lowest BCUT2D eigenvalue weighted by atomic mass is 10.1. The SMILES string of the molecule is O=Cc1ccc(Cl)cc1-n1cc(-c2ccccc2)cn1. The Morgan fingerprint density at radius 1 is 1.05 bits per heavy atom. The molecule has 0 unspecified atom stereocenters. The summed E-state index contributed by atoms with van der Waals surface area (Å²) in [6.45, 7) is 0.